The maximum Gasteiger partial charge on any atom is 0.191 e. The van der Waals surface area contributed by atoms with Gasteiger partial charge >= 0.3 is 0 Å². The number of ether oxygens (including phenoxy) is 1. The number of aromatic nitrogens is 3. The molecule has 0 saturated carbocycles. The van der Waals surface area contributed by atoms with Gasteiger partial charge < -0.3 is 9.30 Å². The summed E-state index contributed by atoms with van der Waals surface area (Å²) >= 11 is 1.72. The first kappa shape index (κ1) is 19.5. The third kappa shape index (κ3) is 4.53. The minimum absolute atomic E-state index is 0.161. The Bertz CT molecular complexity index is 920. The molecule has 1 heterocycles. The van der Waals surface area contributed by atoms with Crippen molar-refractivity contribution in [2.24, 2.45) is 0 Å². The third-order valence-corrected chi connectivity index (χ3v) is 5.77. The van der Waals surface area contributed by atoms with E-state index in [9.17, 15) is 0 Å². The molecule has 0 fully saturated rings. The quantitative estimate of drug-likeness (QED) is 0.495. The number of thioether (sulfide) groups is 1. The van der Waals surface area contributed by atoms with Gasteiger partial charge in [-0.05, 0) is 57.4 Å². The van der Waals surface area contributed by atoms with E-state index in [4.69, 9.17) is 4.74 Å². The molecule has 0 saturated heterocycles. The molecule has 1 atom stereocenters. The van der Waals surface area contributed by atoms with Crippen molar-refractivity contribution in [3.8, 4) is 5.75 Å². The van der Waals surface area contributed by atoms with E-state index in [2.05, 4.69) is 72.8 Å². The average Bonchev–Trinajstić information content (AvgIpc) is 3.07. The van der Waals surface area contributed by atoms with Crippen LogP contribution in [-0.4, -0.2) is 14.8 Å². The third-order valence-electron chi connectivity index (χ3n) is 4.73. The van der Waals surface area contributed by atoms with Crippen molar-refractivity contribution in [3.63, 3.8) is 0 Å². The predicted octanol–water partition coefficient (Wildman–Crippen LogP) is 5.66. The Kier molecular flexibility index (Phi) is 6.22. The van der Waals surface area contributed by atoms with Crippen molar-refractivity contribution < 1.29 is 4.74 Å². The van der Waals surface area contributed by atoms with Crippen LogP contribution in [0.2, 0.25) is 0 Å². The van der Waals surface area contributed by atoms with Crippen LogP contribution in [0.25, 0.3) is 0 Å². The number of hydrogen-bond donors (Lipinski definition) is 0. The molecule has 1 unspecified atom stereocenters. The van der Waals surface area contributed by atoms with Crippen LogP contribution in [0.3, 0.4) is 0 Å². The zero-order chi connectivity index (χ0) is 19.4. The second-order valence-electron chi connectivity index (χ2n) is 6.82. The van der Waals surface area contributed by atoms with E-state index < -0.39 is 0 Å². The van der Waals surface area contributed by atoms with Crippen LogP contribution in [0.1, 0.15) is 48.0 Å². The first-order valence-corrected chi connectivity index (χ1v) is 10.3. The normalized spacial score (nSPS) is 12.2. The maximum atomic E-state index is 6.21. The number of rotatable bonds is 7. The van der Waals surface area contributed by atoms with E-state index in [1.54, 1.807) is 11.8 Å². The van der Waals surface area contributed by atoms with E-state index in [1.807, 2.05) is 19.1 Å². The van der Waals surface area contributed by atoms with Gasteiger partial charge in [-0.2, -0.15) is 0 Å². The van der Waals surface area contributed by atoms with Crippen LogP contribution in [0, 0.1) is 20.8 Å². The van der Waals surface area contributed by atoms with E-state index in [-0.39, 0.29) is 6.10 Å². The lowest BCUT2D eigenvalue weighted by Gasteiger charge is -2.17. The van der Waals surface area contributed by atoms with Gasteiger partial charge in [-0.15, -0.1) is 10.2 Å². The van der Waals surface area contributed by atoms with Crippen LogP contribution >= 0.6 is 11.8 Å². The molecule has 0 aliphatic heterocycles. The van der Waals surface area contributed by atoms with E-state index in [1.165, 1.54) is 22.3 Å². The molecule has 27 heavy (non-hydrogen) atoms. The van der Waals surface area contributed by atoms with Gasteiger partial charge in [0.2, 0.25) is 0 Å². The molecule has 3 aromatic rings. The van der Waals surface area contributed by atoms with Gasteiger partial charge in [0.1, 0.15) is 5.75 Å². The smallest absolute Gasteiger partial charge is 0.191 e. The highest BCUT2D eigenvalue weighted by molar-refractivity contribution is 7.98. The number of nitrogens with zero attached hydrogens (tertiary/aromatic N) is 3. The summed E-state index contributed by atoms with van der Waals surface area (Å²) in [6.07, 6.45) is -0.161. The Morgan fingerprint density at radius 1 is 1.07 bits per heavy atom. The summed E-state index contributed by atoms with van der Waals surface area (Å²) in [6, 6.07) is 14.7. The van der Waals surface area contributed by atoms with Crippen molar-refractivity contribution in [1.29, 1.82) is 0 Å². The van der Waals surface area contributed by atoms with Crippen LogP contribution in [0.15, 0.2) is 47.6 Å². The molecule has 0 aliphatic carbocycles. The fourth-order valence-electron chi connectivity index (χ4n) is 3.05. The fourth-order valence-corrected chi connectivity index (χ4v) is 4.00. The molecule has 3 rings (SSSR count). The molecular formula is C22H27N3OS. The van der Waals surface area contributed by atoms with Crippen molar-refractivity contribution in [3.05, 3.63) is 70.5 Å². The number of hydrogen-bond acceptors (Lipinski definition) is 4. The Balaban J connectivity index is 1.75. The summed E-state index contributed by atoms with van der Waals surface area (Å²) < 4.78 is 8.36. The highest BCUT2D eigenvalue weighted by Gasteiger charge is 2.19. The topological polar surface area (TPSA) is 39.9 Å². The van der Waals surface area contributed by atoms with Crippen LogP contribution in [0.5, 0.6) is 5.75 Å². The SMILES string of the molecule is CCn1c(SCc2cccc(C)c2)nnc1C(C)Oc1cccc(C)c1C. The summed E-state index contributed by atoms with van der Waals surface area (Å²) in [5.74, 6) is 2.65. The fraction of sp³-hybridized carbons (Fsp3) is 0.364. The number of benzene rings is 2. The highest BCUT2D eigenvalue weighted by Crippen LogP contribution is 2.29. The molecule has 2 aromatic carbocycles. The Labute approximate surface area is 166 Å². The summed E-state index contributed by atoms with van der Waals surface area (Å²) in [7, 11) is 0. The minimum atomic E-state index is -0.161. The highest BCUT2D eigenvalue weighted by atomic mass is 32.2. The average molecular weight is 382 g/mol. The van der Waals surface area contributed by atoms with Gasteiger partial charge in [-0.1, -0.05) is 53.7 Å². The van der Waals surface area contributed by atoms with Crippen LogP contribution < -0.4 is 4.74 Å². The molecule has 0 radical (unpaired) electrons. The second-order valence-corrected chi connectivity index (χ2v) is 7.76. The van der Waals surface area contributed by atoms with E-state index >= 15 is 0 Å². The van der Waals surface area contributed by atoms with Crippen LogP contribution in [-0.2, 0) is 12.3 Å². The van der Waals surface area contributed by atoms with Crippen molar-refractivity contribution in [1.82, 2.24) is 14.8 Å². The molecule has 0 spiro atoms. The summed E-state index contributed by atoms with van der Waals surface area (Å²) in [6.45, 7) is 11.3. The lowest BCUT2D eigenvalue weighted by atomic mass is 10.1. The molecule has 0 aliphatic rings. The Morgan fingerprint density at radius 3 is 2.59 bits per heavy atom. The van der Waals surface area contributed by atoms with Crippen molar-refractivity contribution in [2.45, 2.75) is 58.2 Å². The summed E-state index contributed by atoms with van der Waals surface area (Å²) in [5.41, 5.74) is 4.97. The Morgan fingerprint density at radius 2 is 1.85 bits per heavy atom. The zero-order valence-corrected chi connectivity index (χ0v) is 17.5. The monoisotopic (exact) mass is 381 g/mol. The van der Waals surface area contributed by atoms with Gasteiger partial charge in [0.25, 0.3) is 0 Å². The maximum absolute atomic E-state index is 6.21. The summed E-state index contributed by atoms with van der Waals surface area (Å²) in [4.78, 5) is 0. The molecule has 1 aromatic heterocycles. The number of aryl methyl sites for hydroxylation is 2. The van der Waals surface area contributed by atoms with Crippen molar-refractivity contribution in [2.75, 3.05) is 0 Å². The first-order chi connectivity index (χ1) is 13.0. The van der Waals surface area contributed by atoms with Gasteiger partial charge in [0.15, 0.2) is 17.1 Å². The van der Waals surface area contributed by atoms with E-state index in [0.29, 0.717) is 0 Å². The lowest BCUT2D eigenvalue weighted by Crippen LogP contribution is -2.12. The molecular weight excluding hydrogens is 354 g/mol. The largest absolute Gasteiger partial charge is 0.482 e. The molecule has 0 N–H and O–H groups in total. The minimum Gasteiger partial charge on any atom is -0.482 e. The molecule has 0 bridgehead atoms. The van der Waals surface area contributed by atoms with Gasteiger partial charge in [0.05, 0.1) is 0 Å². The first-order valence-electron chi connectivity index (χ1n) is 9.34. The van der Waals surface area contributed by atoms with Gasteiger partial charge in [0, 0.05) is 12.3 Å². The zero-order valence-electron chi connectivity index (χ0n) is 16.7. The standard InChI is InChI=1S/C22H27N3OS/c1-6-25-21(18(5)26-20-12-8-10-16(3)17(20)4)23-24-22(25)27-14-19-11-7-9-15(2)13-19/h7-13,18H,6,14H2,1-5H3. The second kappa shape index (κ2) is 8.61. The molecule has 142 valence electrons. The molecule has 5 heteroatoms. The van der Waals surface area contributed by atoms with Gasteiger partial charge in [-0.25, -0.2) is 0 Å². The van der Waals surface area contributed by atoms with E-state index in [0.717, 1.165) is 29.0 Å². The summed E-state index contributed by atoms with van der Waals surface area (Å²) in [5, 5.41) is 9.79. The van der Waals surface area contributed by atoms with Gasteiger partial charge in [-0.3, -0.25) is 0 Å². The predicted molar refractivity (Wildman–Crippen MR) is 111 cm³/mol. The van der Waals surface area contributed by atoms with Crippen LogP contribution in [0.4, 0.5) is 0 Å². The Hall–Kier alpha value is -2.27. The molecule has 0 amide bonds. The molecule has 4 nitrogen and oxygen atoms in total. The van der Waals surface area contributed by atoms with Crippen molar-refractivity contribution >= 4 is 11.8 Å². The lowest BCUT2D eigenvalue weighted by molar-refractivity contribution is 0.208.